The summed E-state index contributed by atoms with van der Waals surface area (Å²) in [5.74, 6) is -1.51. The van der Waals surface area contributed by atoms with E-state index in [-0.39, 0.29) is 34.4 Å². The largest absolute Gasteiger partial charge is 0.493 e. The lowest BCUT2D eigenvalue weighted by Gasteiger charge is -2.21. The van der Waals surface area contributed by atoms with E-state index >= 15 is 4.39 Å². The highest BCUT2D eigenvalue weighted by atomic mass is 19.1. The lowest BCUT2D eigenvalue weighted by Crippen LogP contribution is -2.19. The van der Waals surface area contributed by atoms with Crippen molar-refractivity contribution in [3.8, 4) is 17.3 Å². The monoisotopic (exact) mass is 508 g/mol. The smallest absolute Gasteiger partial charge is 0.356 e. The molecule has 0 spiro atoms. The van der Waals surface area contributed by atoms with E-state index in [1.807, 2.05) is 0 Å². The molecule has 1 aliphatic rings. The Morgan fingerprint density at radius 1 is 1.24 bits per heavy atom. The van der Waals surface area contributed by atoms with Crippen LogP contribution < -0.4 is 25.8 Å². The van der Waals surface area contributed by atoms with Gasteiger partial charge in [-0.3, -0.25) is 10.4 Å². The van der Waals surface area contributed by atoms with Crippen molar-refractivity contribution in [1.29, 1.82) is 5.41 Å². The number of anilines is 1. The standard InChI is InChI=1S/C23H21FN8O5/c1-36-15-6-13(14(24)7-16(15)37-2)17(29-11-3-4-12-10(5-11)8-26-19(12)25)20-30-23(35)32(31-20)21-18(22(33)34)27-9-28-21/h3-7,9,17,29H,8H2,1-2H3,(H2,25,26)(H,27,28)(H,33,34)(H,30,31,35). The molecule has 0 aliphatic carbocycles. The normalized spacial score (nSPS) is 13.1. The number of fused-ring (bicyclic) bond motifs is 1. The molecule has 14 heteroatoms. The number of methoxy groups -OCH3 is 2. The minimum atomic E-state index is -1.33. The topological polar surface area (TPSA) is 183 Å². The summed E-state index contributed by atoms with van der Waals surface area (Å²) < 4.78 is 26.7. The Hall–Kier alpha value is -5.14. The van der Waals surface area contributed by atoms with E-state index in [1.54, 1.807) is 18.2 Å². The fourth-order valence-corrected chi connectivity index (χ4v) is 4.12. The zero-order valence-electron chi connectivity index (χ0n) is 19.5. The van der Waals surface area contributed by atoms with Crippen LogP contribution in [0.15, 0.2) is 41.5 Å². The number of aromatic amines is 2. The van der Waals surface area contributed by atoms with Crippen LogP contribution in [0.25, 0.3) is 5.82 Å². The molecule has 4 aromatic rings. The molecule has 190 valence electrons. The maximum atomic E-state index is 15.4. The first-order valence-electron chi connectivity index (χ1n) is 10.9. The molecule has 2 aromatic carbocycles. The number of benzene rings is 2. The summed E-state index contributed by atoms with van der Waals surface area (Å²) in [5, 5.41) is 27.7. The van der Waals surface area contributed by atoms with Gasteiger partial charge in [0.25, 0.3) is 0 Å². The molecule has 0 radical (unpaired) electrons. The maximum Gasteiger partial charge on any atom is 0.356 e. The average Bonchev–Trinajstić information content (AvgIpc) is 3.61. The summed E-state index contributed by atoms with van der Waals surface area (Å²) in [6.07, 6.45) is 1.12. The predicted octanol–water partition coefficient (Wildman–Crippen LogP) is 1.77. The van der Waals surface area contributed by atoms with Gasteiger partial charge in [0.15, 0.2) is 28.8 Å². The van der Waals surface area contributed by atoms with Crippen molar-refractivity contribution >= 4 is 17.5 Å². The maximum absolute atomic E-state index is 15.4. The van der Waals surface area contributed by atoms with Crippen molar-refractivity contribution in [3.05, 3.63) is 81.2 Å². The summed E-state index contributed by atoms with van der Waals surface area (Å²) >= 11 is 0. The molecule has 0 saturated heterocycles. The number of aromatic carboxylic acids is 1. The summed E-state index contributed by atoms with van der Waals surface area (Å²) in [6.45, 7) is 0.460. The summed E-state index contributed by atoms with van der Waals surface area (Å²) in [7, 11) is 2.79. The molecule has 1 unspecified atom stereocenters. The third-order valence-corrected chi connectivity index (χ3v) is 5.90. The Balaban J connectivity index is 1.63. The van der Waals surface area contributed by atoms with Crippen molar-refractivity contribution < 1.29 is 23.8 Å². The minimum absolute atomic E-state index is 0.0122. The molecule has 0 saturated carbocycles. The second-order valence-corrected chi connectivity index (χ2v) is 8.04. The van der Waals surface area contributed by atoms with Crippen molar-refractivity contribution in [2.75, 3.05) is 19.5 Å². The predicted molar refractivity (Wildman–Crippen MR) is 128 cm³/mol. The third-order valence-electron chi connectivity index (χ3n) is 5.90. The van der Waals surface area contributed by atoms with E-state index in [1.165, 1.54) is 20.3 Å². The van der Waals surface area contributed by atoms with Gasteiger partial charge in [-0.15, -0.1) is 5.10 Å². The molecule has 0 amide bonds. The molecular formula is C23H21FN8O5. The summed E-state index contributed by atoms with van der Waals surface area (Å²) in [5.41, 5.74) is 1.14. The van der Waals surface area contributed by atoms with Gasteiger partial charge in [-0.2, -0.15) is 4.68 Å². The number of hydrogen-bond donors (Lipinski definition) is 6. The number of amidine groups is 1. The van der Waals surface area contributed by atoms with E-state index in [0.29, 0.717) is 18.1 Å². The number of carbonyl (C=O) groups is 1. The van der Waals surface area contributed by atoms with Gasteiger partial charge >= 0.3 is 11.7 Å². The first kappa shape index (κ1) is 23.6. The number of halogens is 1. The molecule has 5 rings (SSSR count). The fraction of sp³-hybridized carbons (Fsp3) is 0.174. The SMILES string of the molecule is COc1cc(F)c(C(Nc2ccc3c(c2)CNC3=N)c2nn(-c3nc[nH]c3C(=O)O)c(=O)[nH]2)cc1OC. The average molecular weight is 508 g/mol. The van der Waals surface area contributed by atoms with Gasteiger partial charge in [0, 0.05) is 29.4 Å². The zero-order valence-corrected chi connectivity index (χ0v) is 19.5. The lowest BCUT2D eigenvalue weighted by molar-refractivity contribution is 0.0691. The molecule has 3 heterocycles. The number of nitrogens with zero attached hydrogens (tertiary/aromatic N) is 3. The molecule has 1 atom stereocenters. The molecule has 1 aliphatic heterocycles. The Morgan fingerprint density at radius 2 is 2.00 bits per heavy atom. The minimum Gasteiger partial charge on any atom is -0.493 e. The van der Waals surface area contributed by atoms with E-state index in [2.05, 4.69) is 30.7 Å². The molecule has 0 fully saturated rings. The van der Waals surface area contributed by atoms with Gasteiger partial charge in [0.2, 0.25) is 0 Å². The second kappa shape index (κ2) is 9.14. The van der Waals surface area contributed by atoms with Crippen molar-refractivity contribution in [3.63, 3.8) is 0 Å². The number of rotatable bonds is 8. The van der Waals surface area contributed by atoms with Crippen molar-refractivity contribution in [1.82, 2.24) is 30.0 Å². The van der Waals surface area contributed by atoms with Crippen molar-refractivity contribution in [2.24, 2.45) is 0 Å². The van der Waals surface area contributed by atoms with E-state index < -0.39 is 23.5 Å². The quantitative estimate of drug-likeness (QED) is 0.206. The highest BCUT2D eigenvalue weighted by Gasteiger charge is 2.27. The number of imidazole rings is 1. The number of carboxylic acids is 1. The van der Waals surface area contributed by atoms with Crippen LogP contribution in [0.1, 0.15) is 39.0 Å². The number of hydrogen-bond acceptors (Lipinski definition) is 8. The fourth-order valence-electron chi connectivity index (χ4n) is 4.12. The highest BCUT2D eigenvalue weighted by molar-refractivity contribution is 6.00. The van der Waals surface area contributed by atoms with Gasteiger partial charge in [-0.1, -0.05) is 0 Å². The van der Waals surface area contributed by atoms with Crippen LogP contribution in [0.5, 0.6) is 11.5 Å². The number of ether oxygens (including phenoxy) is 2. The molecule has 13 nitrogen and oxygen atoms in total. The van der Waals surface area contributed by atoms with Crippen LogP contribution in [0, 0.1) is 11.2 Å². The number of H-pyrrole nitrogens is 2. The van der Waals surface area contributed by atoms with Gasteiger partial charge in [0.1, 0.15) is 17.7 Å². The van der Waals surface area contributed by atoms with Crippen LogP contribution >= 0.6 is 0 Å². The van der Waals surface area contributed by atoms with E-state index in [4.69, 9.17) is 14.9 Å². The summed E-state index contributed by atoms with van der Waals surface area (Å²) in [4.78, 5) is 33.3. The molecule has 6 N–H and O–H groups in total. The zero-order chi connectivity index (χ0) is 26.3. The van der Waals surface area contributed by atoms with Gasteiger partial charge < -0.3 is 30.2 Å². The van der Waals surface area contributed by atoms with E-state index in [0.717, 1.165) is 28.2 Å². The number of aromatic nitrogens is 5. The van der Waals surface area contributed by atoms with Crippen molar-refractivity contribution in [2.45, 2.75) is 12.6 Å². The summed E-state index contributed by atoms with van der Waals surface area (Å²) in [6, 6.07) is 6.81. The Labute approximate surface area is 207 Å². The molecule has 37 heavy (non-hydrogen) atoms. The lowest BCUT2D eigenvalue weighted by atomic mass is 10.0. The third kappa shape index (κ3) is 4.13. The second-order valence-electron chi connectivity index (χ2n) is 8.04. The van der Waals surface area contributed by atoms with Crippen LogP contribution in [-0.2, 0) is 6.54 Å². The Kier molecular flexibility index (Phi) is 5.83. The molecule has 0 bridgehead atoms. The first-order valence-corrected chi connectivity index (χ1v) is 10.9. The van der Waals surface area contributed by atoms with Crippen LogP contribution in [0.4, 0.5) is 10.1 Å². The highest BCUT2D eigenvalue weighted by Crippen LogP contribution is 2.35. The van der Waals surface area contributed by atoms with Crippen LogP contribution in [0.3, 0.4) is 0 Å². The van der Waals surface area contributed by atoms with Crippen LogP contribution in [-0.4, -0.2) is 55.9 Å². The number of nitrogens with one attached hydrogen (secondary N) is 5. The van der Waals surface area contributed by atoms with Gasteiger partial charge in [-0.05, 0) is 29.8 Å². The molecular weight excluding hydrogens is 487 g/mol. The Morgan fingerprint density at radius 3 is 2.73 bits per heavy atom. The Bertz CT molecular complexity index is 1590. The molecule has 2 aromatic heterocycles. The first-order chi connectivity index (χ1) is 17.8. The van der Waals surface area contributed by atoms with Gasteiger partial charge in [0.05, 0.1) is 20.5 Å². The van der Waals surface area contributed by atoms with E-state index in [9.17, 15) is 14.7 Å². The number of carboxylic acid groups (broad SMARTS) is 1. The van der Waals surface area contributed by atoms with Gasteiger partial charge in [-0.25, -0.2) is 19.0 Å². The van der Waals surface area contributed by atoms with Crippen LogP contribution in [0.2, 0.25) is 0 Å².